The molecular weight excluding hydrogens is 771 g/mol. The van der Waals surface area contributed by atoms with Gasteiger partial charge in [0, 0.05) is 22.2 Å². The molecule has 0 radical (unpaired) electrons. The standard InChI is InChI=1S/C63H41N/c1-5-18-42(19-6-1)44-34-36-51(37-35-44)64(59-31-17-30-58-61(59)53-28-15-16-29-57(53)63(58,49-23-9-3-10-24-49)50-25-11-4-12-26-50)62-52-27-14-13-22-47(52)40-56-54-41-48-38-45(43-20-7-2-8-21-43)32-33-46(48)39-55(54)60(56)62/h1-41H. The van der Waals surface area contributed by atoms with E-state index in [0.717, 1.165) is 11.4 Å². The predicted octanol–water partition coefficient (Wildman–Crippen LogP) is 16.8. The van der Waals surface area contributed by atoms with Crippen LogP contribution in [-0.4, -0.2) is 0 Å². The van der Waals surface area contributed by atoms with Crippen LogP contribution in [0.15, 0.2) is 249 Å². The zero-order chi connectivity index (χ0) is 42.2. The Bertz CT molecular complexity index is 3530. The van der Waals surface area contributed by atoms with E-state index < -0.39 is 5.41 Å². The molecule has 13 rings (SSSR count). The maximum absolute atomic E-state index is 2.59. The fourth-order valence-corrected chi connectivity index (χ4v) is 11.0. The largest absolute Gasteiger partial charge is 0.309 e. The fourth-order valence-electron chi connectivity index (χ4n) is 11.0. The number of nitrogens with zero attached hydrogens (tertiary/aromatic N) is 1. The lowest BCUT2D eigenvalue weighted by atomic mass is 9.67. The molecule has 0 bridgehead atoms. The molecule has 0 atom stereocenters. The SMILES string of the molecule is c1ccc(-c2ccc(N(c3cccc4c3-c3ccccc3C4(c3ccccc3)c3ccccc3)c3c4c(cc5ccccc35)-c3cc5cc(-c6ccccc6)ccc5cc3-4)cc2)cc1. The molecular formula is C63H41N. The highest BCUT2D eigenvalue weighted by atomic mass is 15.2. The predicted molar refractivity (Wildman–Crippen MR) is 269 cm³/mol. The minimum atomic E-state index is -0.527. The molecule has 298 valence electrons. The molecule has 0 heterocycles. The van der Waals surface area contributed by atoms with E-state index in [1.165, 1.54) is 105 Å². The van der Waals surface area contributed by atoms with Gasteiger partial charge in [-0.1, -0.05) is 206 Å². The Morgan fingerprint density at radius 1 is 0.297 bits per heavy atom. The number of rotatable bonds is 7. The molecule has 0 N–H and O–H groups in total. The minimum absolute atomic E-state index is 0.527. The van der Waals surface area contributed by atoms with Crippen molar-refractivity contribution < 1.29 is 0 Å². The second-order valence-corrected chi connectivity index (χ2v) is 17.2. The molecule has 11 aromatic rings. The van der Waals surface area contributed by atoms with Crippen LogP contribution in [-0.2, 0) is 5.41 Å². The van der Waals surface area contributed by atoms with Crippen molar-refractivity contribution >= 4 is 38.6 Å². The third-order valence-electron chi connectivity index (χ3n) is 13.8. The molecule has 11 aromatic carbocycles. The summed E-state index contributed by atoms with van der Waals surface area (Å²) in [5, 5.41) is 4.94. The molecule has 1 heteroatoms. The van der Waals surface area contributed by atoms with E-state index in [2.05, 4.69) is 254 Å². The highest BCUT2D eigenvalue weighted by Crippen LogP contribution is 2.62. The van der Waals surface area contributed by atoms with E-state index in [-0.39, 0.29) is 0 Å². The zero-order valence-electron chi connectivity index (χ0n) is 35.1. The maximum Gasteiger partial charge on any atom is 0.0714 e. The Labute approximate surface area is 373 Å². The summed E-state index contributed by atoms with van der Waals surface area (Å²) in [6, 6.07) is 92.1. The molecule has 0 spiro atoms. The van der Waals surface area contributed by atoms with Crippen LogP contribution in [0.3, 0.4) is 0 Å². The number of anilines is 3. The van der Waals surface area contributed by atoms with Gasteiger partial charge in [-0.3, -0.25) is 0 Å². The first-order valence-electron chi connectivity index (χ1n) is 22.3. The van der Waals surface area contributed by atoms with Crippen LogP contribution in [0.5, 0.6) is 0 Å². The Hall–Kier alpha value is -8.26. The molecule has 0 saturated heterocycles. The summed E-state index contributed by atoms with van der Waals surface area (Å²) in [5.41, 5.74) is 20.6. The van der Waals surface area contributed by atoms with Gasteiger partial charge in [-0.05, 0) is 125 Å². The molecule has 0 unspecified atom stereocenters. The smallest absolute Gasteiger partial charge is 0.0714 e. The third-order valence-corrected chi connectivity index (χ3v) is 13.8. The van der Waals surface area contributed by atoms with Gasteiger partial charge in [0.2, 0.25) is 0 Å². The van der Waals surface area contributed by atoms with Crippen LogP contribution < -0.4 is 4.90 Å². The topological polar surface area (TPSA) is 3.24 Å². The van der Waals surface area contributed by atoms with E-state index in [1.807, 2.05) is 0 Å². The van der Waals surface area contributed by atoms with E-state index in [1.54, 1.807) is 0 Å². The lowest BCUT2D eigenvalue weighted by Crippen LogP contribution is -2.28. The van der Waals surface area contributed by atoms with Crippen LogP contribution >= 0.6 is 0 Å². The number of benzene rings is 11. The van der Waals surface area contributed by atoms with Gasteiger partial charge in [-0.15, -0.1) is 0 Å². The van der Waals surface area contributed by atoms with Crippen LogP contribution in [0.2, 0.25) is 0 Å². The van der Waals surface area contributed by atoms with Crippen LogP contribution in [0.4, 0.5) is 17.1 Å². The fraction of sp³-hybridized carbons (Fsp3) is 0.0159. The van der Waals surface area contributed by atoms with Crippen molar-refractivity contribution in [1.29, 1.82) is 0 Å². The van der Waals surface area contributed by atoms with Gasteiger partial charge in [-0.2, -0.15) is 0 Å². The monoisotopic (exact) mass is 811 g/mol. The quantitative estimate of drug-likeness (QED) is 0.155. The van der Waals surface area contributed by atoms with Gasteiger partial charge in [0.25, 0.3) is 0 Å². The lowest BCUT2D eigenvalue weighted by molar-refractivity contribution is 0.768. The minimum Gasteiger partial charge on any atom is -0.309 e. The van der Waals surface area contributed by atoms with Crippen LogP contribution in [0, 0.1) is 0 Å². The molecule has 64 heavy (non-hydrogen) atoms. The van der Waals surface area contributed by atoms with E-state index >= 15 is 0 Å². The molecule has 0 amide bonds. The Kier molecular flexibility index (Phi) is 8.20. The summed E-state index contributed by atoms with van der Waals surface area (Å²) >= 11 is 0. The molecule has 1 nitrogen and oxygen atoms in total. The average molecular weight is 812 g/mol. The van der Waals surface area contributed by atoms with Crippen molar-refractivity contribution in [2.75, 3.05) is 4.90 Å². The van der Waals surface area contributed by atoms with Gasteiger partial charge in [0.05, 0.1) is 16.8 Å². The molecule has 0 saturated carbocycles. The van der Waals surface area contributed by atoms with Gasteiger partial charge < -0.3 is 4.90 Å². The Morgan fingerprint density at radius 3 is 1.56 bits per heavy atom. The molecule has 0 aromatic heterocycles. The van der Waals surface area contributed by atoms with Crippen molar-refractivity contribution in [3.63, 3.8) is 0 Å². The summed E-state index contributed by atoms with van der Waals surface area (Å²) in [6.07, 6.45) is 0. The Balaban J connectivity index is 1.10. The van der Waals surface area contributed by atoms with Gasteiger partial charge >= 0.3 is 0 Å². The van der Waals surface area contributed by atoms with E-state index in [0.29, 0.717) is 0 Å². The highest BCUT2D eigenvalue weighted by molar-refractivity contribution is 6.21. The number of hydrogen-bond acceptors (Lipinski definition) is 1. The van der Waals surface area contributed by atoms with Crippen LogP contribution in [0.25, 0.3) is 77.2 Å². The maximum atomic E-state index is 2.59. The van der Waals surface area contributed by atoms with E-state index in [4.69, 9.17) is 0 Å². The number of fused-ring (bicyclic) bond motifs is 9. The average Bonchev–Trinajstić information content (AvgIpc) is 3.68. The van der Waals surface area contributed by atoms with Crippen LogP contribution in [0.1, 0.15) is 22.3 Å². The van der Waals surface area contributed by atoms with Crippen molar-refractivity contribution in [2.24, 2.45) is 0 Å². The highest BCUT2D eigenvalue weighted by Gasteiger charge is 2.47. The van der Waals surface area contributed by atoms with Gasteiger partial charge in [0.15, 0.2) is 0 Å². The Morgan fingerprint density at radius 2 is 0.844 bits per heavy atom. The third kappa shape index (κ3) is 5.38. The molecule has 2 aliphatic carbocycles. The summed E-state index contributed by atoms with van der Waals surface area (Å²) in [5.74, 6) is 0. The first-order chi connectivity index (χ1) is 31.8. The molecule has 0 aliphatic heterocycles. The number of hydrogen-bond donors (Lipinski definition) is 0. The van der Waals surface area contributed by atoms with Crippen molar-refractivity contribution in [3.05, 3.63) is 271 Å². The first-order valence-corrected chi connectivity index (χ1v) is 22.3. The summed E-state index contributed by atoms with van der Waals surface area (Å²) in [4.78, 5) is 2.59. The first kappa shape index (κ1) is 36.4. The normalized spacial score (nSPS) is 12.8. The van der Waals surface area contributed by atoms with Gasteiger partial charge in [0.1, 0.15) is 0 Å². The summed E-state index contributed by atoms with van der Waals surface area (Å²) in [6.45, 7) is 0. The van der Waals surface area contributed by atoms with Crippen molar-refractivity contribution in [3.8, 4) is 55.6 Å². The second-order valence-electron chi connectivity index (χ2n) is 17.2. The van der Waals surface area contributed by atoms with Crippen molar-refractivity contribution in [1.82, 2.24) is 0 Å². The summed E-state index contributed by atoms with van der Waals surface area (Å²) < 4.78 is 0. The lowest BCUT2D eigenvalue weighted by Gasteiger charge is -2.37. The molecule has 0 fully saturated rings. The van der Waals surface area contributed by atoms with E-state index in [9.17, 15) is 0 Å². The second kappa shape index (κ2) is 14.4. The molecule has 2 aliphatic rings. The summed E-state index contributed by atoms with van der Waals surface area (Å²) in [7, 11) is 0. The zero-order valence-corrected chi connectivity index (χ0v) is 35.1. The van der Waals surface area contributed by atoms with Gasteiger partial charge in [-0.25, -0.2) is 0 Å². The van der Waals surface area contributed by atoms with Crippen molar-refractivity contribution in [2.45, 2.75) is 5.41 Å².